The van der Waals surface area contributed by atoms with Crippen LogP contribution in [0, 0.1) is 5.92 Å². The van der Waals surface area contributed by atoms with Crippen LogP contribution in [0.2, 0.25) is 5.02 Å². The molecular weight excluding hydrogens is 440 g/mol. The maximum absolute atomic E-state index is 12.9. The second kappa shape index (κ2) is 9.46. The van der Waals surface area contributed by atoms with Crippen molar-refractivity contribution in [1.82, 2.24) is 9.62 Å². The molecule has 2 atom stereocenters. The van der Waals surface area contributed by atoms with E-state index in [1.54, 1.807) is 24.3 Å². The molecule has 1 amide bonds. The van der Waals surface area contributed by atoms with Crippen LogP contribution in [0.3, 0.4) is 0 Å². The highest BCUT2D eigenvalue weighted by molar-refractivity contribution is 7.88. The maximum Gasteiger partial charge on any atom is 0.224 e. The molecule has 9 heteroatoms. The first-order chi connectivity index (χ1) is 14.9. The van der Waals surface area contributed by atoms with Gasteiger partial charge in [-0.05, 0) is 42.7 Å². The molecule has 1 N–H and O–H groups in total. The molecular formula is C22H25ClN2O5S. The lowest BCUT2D eigenvalue weighted by molar-refractivity contribution is -0.126. The Morgan fingerprint density at radius 2 is 1.97 bits per heavy atom. The largest absolute Gasteiger partial charge is 0.486 e. The summed E-state index contributed by atoms with van der Waals surface area (Å²) in [5.74, 6) is 0.667. The van der Waals surface area contributed by atoms with Crippen LogP contribution in [-0.2, 0) is 20.6 Å². The van der Waals surface area contributed by atoms with Crippen molar-refractivity contribution in [3.05, 3.63) is 59.1 Å². The summed E-state index contributed by atoms with van der Waals surface area (Å²) >= 11 is 5.97. The SMILES string of the molecule is O=C(NC[C@@H]1COc2ccccc2O1)[C@@H]1CCCN(S(=O)(=O)Cc2cccc(Cl)c2)C1. The van der Waals surface area contributed by atoms with E-state index in [1.165, 1.54) is 4.31 Å². The average Bonchev–Trinajstić information content (AvgIpc) is 2.77. The average molecular weight is 465 g/mol. The zero-order valence-electron chi connectivity index (χ0n) is 17.0. The fraction of sp³-hybridized carbons (Fsp3) is 0.409. The van der Waals surface area contributed by atoms with Crippen LogP contribution >= 0.6 is 11.6 Å². The lowest BCUT2D eigenvalue weighted by Crippen LogP contribution is -2.48. The quantitative estimate of drug-likeness (QED) is 0.710. The van der Waals surface area contributed by atoms with Gasteiger partial charge in [-0.25, -0.2) is 12.7 Å². The highest BCUT2D eigenvalue weighted by Crippen LogP contribution is 2.30. The zero-order valence-corrected chi connectivity index (χ0v) is 18.6. The Kier molecular flexibility index (Phi) is 6.69. The molecule has 31 heavy (non-hydrogen) atoms. The van der Waals surface area contributed by atoms with Gasteiger partial charge in [0.2, 0.25) is 15.9 Å². The van der Waals surface area contributed by atoms with E-state index < -0.39 is 10.0 Å². The van der Waals surface area contributed by atoms with Gasteiger partial charge in [-0.15, -0.1) is 0 Å². The number of nitrogens with zero attached hydrogens (tertiary/aromatic N) is 1. The number of sulfonamides is 1. The Labute approximate surface area is 187 Å². The van der Waals surface area contributed by atoms with E-state index in [4.69, 9.17) is 21.1 Å². The van der Waals surface area contributed by atoms with Gasteiger partial charge < -0.3 is 14.8 Å². The first-order valence-electron chi connectivity index (χ1n) is 10.3. The van der Waals surface area contributed by atoms with E-state index in [-0.39, 0.29) is 30.2 Å². The number of piperidine rings is 1. The molecule has 1 saturated heterocycles. The van der Waals surface area contributed by atoms with E-state index in [9.17, 15) is 13.2 Å². The van der Waals surface area contributed by atoms with Crippen LogP contribution in [0.4, 0.5) is 0 Å². The molecule has 0 saturated carbocycles. The highest BCUT2D eigenvalue weighted by Gasteiger charge is 2.33. The number of carbonyl (C=O) groups is 1. The molecule has 2 aliphatic rings. The van der Waals surface area contributed by atoms with Crippen molar-refractivity contribution >= 4 is 27.5 Å². The predicted molar refractivity (Wildman–Crippen MR) is 118 cm³/mol. The molecule has 1 fully saturated rings. The minimum absolute atomic E-state index is 0.130. The standard InChI is InChI=1S/C22H25ClN2O5S/c23-18-7-3-5-16(11-18)15-31(27,28)25-10-4-6-17(13-25)22(26)24-12-19-14-29-20-8-1-2-9-21(20)30-19/h1-3,5,7-9,11,17,19H,4,6,10,12-15H2,(H,24,26)/t17-,19-/m1/s1. The normalized spacial score (nSPS) is 21.5. The van der Waals surface area contributed by atoms with Crippen molar-refractivity contribution in [1.29, 1.82) is 0 Å². The highest BCUT2D eigenvalue weighted by atomic mass is 35.5. The number of rotatable bonds is 6. The van der Waals surface area contributed by atoms with Gasteiger partial charge >= 0.3 is 0 Å². The van der Waals surface area contributed by atoms with Crippen LogP contribution in [0.1, 0.15) is 18.4 Å². The fourth-order valence-corrected chi connectivity index (χ4v) is 5.67. The number of amides is 1. The Hall–Kier alpha value is -2.29. The summed E-state index contributed by atoms with van der Waals surface area (Å²) in [5, 5.41) is 3.40. The summed E-state index contributed by atoms with van der Waals surface area (Å²) in [6, 6.07) is 14.2. The molecule has 0 unspecified atom stereocenters. The van der Waals surface area contributed by atoms with E-state index in [2.05, 4.69) is 5.32 Å². The zero-order chi connectivity index (χ0) is 21.8. The van der Waals surface area contributed by atoms with E-state index in [0.29, 0.717) is 54.6 Å². The van der Waals surface area contributed by atoms with Gasteiger partial charge in [0.05, 0.1) is 18.2 Å². The van der Waals surface area contributed by atoms with Crippen LogP contribution in [0.25, 0.3) is 0 Å². The van der Waals surface area contributed by atoms with Crippen LogP contribution in [0.15, 0.2) is 48.5 Å². The van der Waals surface area contributed by atoms with Crippen molar-refractivity contribution in [3.63, 3.8) is 0 Å². The third-order valence-corrected chi connectivity index (χ3v) is 7.51. The van der Waals surface area contributed by atoms with Crippen molar-refractivity contribution in [3.8, 4) is 11.5 Å². The molecule has 2 aromatic carbocycles. The van der Waals surface area contributed by atoms with Crippen LogP contribution in [0.5, 0.6) is 11.5 Å². The topological polar surface area (TPSA) is 84.9 Å². The lowest BCUT2D eigenvalue weighted by Gasteiger charge is -2.32. The lowest BCUT2D eigenvalue weighted by atomic mass is 9.99. The molecule has 4 rings (SSSR count). The van der Waals surface area contributed by atoms with Gasteiger partial charge in [0.1, 0.15) is 12.7 Å². The first-order valence-corrected chi connectivity index (χ1v) is 12.3. The monoisotopic (exact) mass is 464 g/mol. The Bertz CT molecular complexity index is 1050. The number of hydrogen-bond donors (Lipinski definition) is 1. The van der Waals surface area contributed by atoms with Gasteiger partial charge in [-0.2, -0.15) is 0 Å². The summed E-state index contributed by atoms with van der Waals surface area (Å²) in [6.07, 6.45) is 1.01. The molecule has 0 spiro atoms. The smallest absolute Gasteiger partial charge is 0.224 e. The predicted octanol–water partition coefficient (Wildman–Crippen LogP) is 2.84. The van der Waals surface area contributed by atoms with E-state index in [0.717, 1.165) is 0 Å². The Morgan fingerprint density at radius 1 is 1.16 bits per heavy atom. The number of carbonyl (C=O) groups excluding carboxylic acids is 1. The minimum atomic E-state index is -3.54. The molecule has 2 heterocycles. The Balaban J connectivity index is 1.31. The summed E-state index contributed by atoms with van der Waals surface area (Å²) in [6.45, 7) is 1.25. The number of para-hydroxylation sites is 2. The molecule has 2 aromatic rings. The van der Waals surface area contributed by atoms with Crippen LogP contribution < -0.4 is 14.8 Å². The van der Waals surface area contributed by atoms with E-state index in [1.807, 2.05) is 24.3 Å². The molecule has 0 aliphatic carbocycles. The van der Waals surface area contributed by atoms with E-state index >= 15 is 0 Å². The maximum atomic E-state index is 12.9. The molecule has 0 aromatic heterocycles. The van der Waals surface area contributed by atoms with Crippen molar-refractivity contribution < 1.29 is 22.7 Å². The number of benzene rings is 2. The van der Waals surface area contributed by atoms with Crippen molar-refractivity contribution in [2.75, 3.05) is 26.2 Å². The van der Waals surface area contributed by atoms with Crippen LogP contribution in [-0.4, -0.2) is 51.0 Å². The van der Waals surface area contributed by atoms with Gasteiger partial charge in [-0.1, -0.05) is 35.9 Å². The van der Waals surface area contributed by atoms with Crippen molar-refractivity contribution in [2.45, 2.75) is 24.7 Å². The third kappa shape index (κ3) is 5.50. The fourth-order valence-electron chi connectivity index (χ4n) is 3.86. The number of halogens is 1. The number of hydrogen-bond acceptors (Lipinski definition) is 5. The molecule has 0 bridgehead atoms. The number of ether oxygens (including phenoxy) is 2. The molecule has 0 radical (unpaired) electrons. The van der Waals surface area contributed by atoms with Gasteiger partial charge in [-0.3, -0.25) is 4.79 Å². The number of nitrogens with one attached hydrogen (secondary N) is 1. The Morgan fingerprint density at radius 3 is 2.77 bits per heavy atom. The van der Waals surface area contributed by atoms with Gasteiger partial charge in [0, 0.05) is 18.1 Å². The second-order valence-electron chi connectivity index (χ2n) is 7.83. The minimum Gasteiger partial charge on any atom is -0.486 e. The summed E-state index contributed by atoms with van der Waals surface area (Å²) in [5.41, 5.74) is 0.633. The summed E-state index contributed by atoms with van der Waals surface area (Å²) in [7, 11) is -3.54. The molecule has 2 aliphatic heterocycles. The van der Waals surface area contributed by atoms with Crippen molar-refractivity contribution in [2.24, 2.45) is 5.92 Å². The third-order valence-electron chi connectivity index (χ3n) is 5.46. The van der Waals surface area contributed by atoms with Gasteiger partial charge in [0.25, 0.3) is 0 Å². The van der Waals surface area contributed by atoms with Gasteiger partial charge in [0.15, 0.2) is 11.5 Å². The molecule has 166 valence electrons. The first kappa shape index (κ1) is 21.9. The number of fused-ring (bicyclic) bond motifs is 1. The summed E-state index contributed by atoms with van der Waals surface area (Å²) < 4.78 is 38.7. The molecule has 7 nitrogen and oxygen atoms in total. The summed E-state index contributed by atoms with van der Waals surface area (Å²) in [4.78, 5) is 12.7. The second-order valence-corrected chi connectivity index (χ2v) is 10.2.